The molecule has 0 saturated carbocycles. The zero-order chi connectivity index (χ0) is 12.9. The molecular weight excluding hydrogens is 365 g/mol. The van der Waals surface area contributed by atoms with Gasteiger partial charge in [-0.1, -0.05) is 30.3 Å². The largest absolute Gasteiger partial charge is 0.459 e. The maximum atomic E-state index is 5.82. The maximum absolute atomic E-state index is 5.82. The predicted molar refractivity (Wildman–Crippen MR) is 91.3 cm³/mol. The highest BCUT2D eigenvalue weighted by atomic mass is 127. The van der Waals surface area contributed by atoms with Crippen LogP contribution in [0.2, 0.25) is 0 Å². The molecule has 0 atom stereocenters. The summed E-state index contributed by atoms with van der Waals surface area (Å²) in [5.74, 6) is 2.67. The third-order valence-corrected chi connectivity index (χ3v) is 3.05. The Kier molecular flexibility index (Phi) is 5.46. The lowest BCUT2D eigenvalue weighted by Crippen LogP contribution is -2.40. The summed E-state index contributed by atoms with van der Waals surface area (Å²) in [4.78, 5) is 4.36. The van der Waals surface area contributed by atoms with Crippen molar-refractivity contribution in [2.24, 2.45) is 4.99 Å². The Morgan fingerprint density at radius 2 is 2.00 bits per heavy atom. The number of aliphatic imine (C=N–C) groups is 1. The lowest BCUT2D eigenvalue weighted by molar-refractivity contribution is 0.512. The van der Waals surface area contributed by atoms with Crippen LogP contribution in [-0.4, -0.2) is 19.0 Å². The van der Waals surface area contributed by atoms with Crippen LogP contribution in [0.1, 0.15) is 12.2 Å². The molecule has 3 rings (SSSR count). The van der Waals surface area contributed by atoms with Crippen molar-refractivity contribution < 1.29 is 4.42 Å². The van der Waals surface area contributed by atoms with Gasteiger partial charge >= 0.3 is 0 Å². The second-order valence-corrected chi connectivity index (χ2v) is 4.50. The van der Waals surface area contributed by atoms with Crippen LogP contribution in [0.3, 0.4) is 0 Å². The molecule has 106 valence electrons. The summed E-state index contributed by atoms with van der Waals surface area (Å²) in [5, 5.41) is 6.47. The summed E-state index contributed by atoms with van der Waals surface area (Å²) in [6, 6.07) is 14.1. The number of hydrogen-bond donors (Lipinski definition) is 2. The Morgan fingerprint density at radius 3 is 2.75 bits per heavy atom. The molecule has 0 unspecified atom stereocenters. The normalized spacial score (nSPS) is 13.9. The lowest BCUT2D eigenvalue weighted by Gasteiger charge is -2.15. The van der Waals surface area contributed by atoms with Crippen LogP contribution in [-0.2, 0) is 6.54 Å². The predicted octanol–water partition coefficient (Wildman–Crippen LogP) is 3.00. The number of halogens is 1. The van der Waals surface area contributed by atoms with Crippen molar-refractivity contribution >= 4 is 29.9 Å². The smallest absolute Gasteiger partial charge is 0.191 e. The van der Waals surface area contributed by atoms with E-state index in [0.717, 1.165) is 42.6 Å². The van der Waals surface area contributed by atoms with E-state index < -0.39 is 0 Å². The molecule has 0 fully saturated rings. The first-order valence-corrected chi connectivity index (χ1v) is 6.58. The van der Waals surface area contributed by atoms with Crippen LogP contribution in [0.25, 0.3) is 11.3 Å². The molecule has 0 spiro atoms. The number of rotatable bonds is 3. The van der Waals surface area contributed by atoms with Gasteiger partial charge in [0.05, 0.1) is 6.54 Å². The number of furan rings is 1. The Labute approximate surface area is 135 Å². The monoisotopic (exact) mass is 383 g/mol. The number of benzene rings is 1. The minimum Gasteiger partial charge on any atom is -0.459 e. The fourth-order valence-corrected chi connectivity index (χ4v) is 2.05. The van der Waals surface area contributed by atoms with Crippen molar-refractivity contribution in [2.75, 3.05) is 13.1 Å². The number of guanidine groups is 1. The molecular formula is C15H18IN3O. The number of nitrogens with one attached hydrogen (secondary N) is 2. The third-order valence-electron chi connectivity index (χ3n) is 3.05. The van der Waals surface area contributed by atoms with Crippen molar-refractivity contribution in [2.45, 2.75) is 13.0 Å². The topological polar surface area (TPSA) is 49.6 Å². The van der Waals surface area contributed by atoms with E-state index in [9.17, 15) is 0 Å². The van der Waals surface area contributed by atoms with Crippen molar-refractivity contribution in [3.8, 4) is 11.3 Å². The first-order chi connectivity index (χ1) is 9.42. The second kappa shape index (κ2) is 7.33. The van der Waals surface area contributed by atoms with E-state index >= 15 is 0 Å². The van der Waals surface area contributed by atoms with Gasteiger partial charge in [0.15, 0.2) is 5.96 Å². The van der Waals surface area contributed by atoms with Gasteiger partial charge in [-0.25, -0.2) is 0 Å². The van der Waals surface area contributed by atoms with Crippen LogP contribution in [0.5, 0.6) is 0 Å². The highest BCUT2D eigenvalue weighted by molar-refractivity contribution is 14.0. The van der Waals surface area contributed by atoms with Crippen LogP contribution >= 0.6 is 24.0 Å². The second-order valence-electron chi connectivity index (χ2n) is 4.50. The molecule has 1 aliphatic rings. The lowest BCUT2D eigenvalue weighted by atomic mass is 10.2. The highest BCUT2D eigenvalue weighted by Crippen LogP contribution is 2.21. The average Bonchev–Trinajstić information content (AvgIpc) is 2.96. The molecule has 0 aliphatic carbocycles. The molecule has 5 heteroatoms. The van der Waals surface area contributed by atoms with Gasteiger partial charge in [0.25, 0.3) is 0 Å². The SMILES string of the molecule is I.c1ccc(-c2ccc(CNC3=NCCCN3)o2)cc1. The van der Waals surface area contributed by atoms with E-state index in [4.69, 9.17) is 4.42 Å². The molecule has 0 radical (unpaired) electrons. The summed E-state index contributed by atoms with van der Waals surface area (Å²) >= 11 is 0. The zero-order valence-electron chi connectivity index (χ0n) is 11.1. The van der Waals surface area contributed by atoms with Gasteiger partial charge < -0.3 is 15.1 Å². The third kappa shape index (κ3) is 3.75. The van der Waals surface area contributed by atoms with Gasteiger partial charge in [-0.05, 0) is 18.6 Å². The summed E-state index contributed by atoms with van der Waals surface area (Å²) < 4.78 is 5.82. The average molecular weight is 383 g/mol. The van der Waals surface area contributed by atoms with Gasteiger partial charge in [-0.3, -0.25) is 4.99 Å². The van der Waals surface area contributed by atoms with Gasteiger partial charge in [0.2, 0.25) is 0 Å². The molecule has 1 aromatic heterocycles. The molecule has 4 nitrogen and oxygen atoms in total. The van der Waals surface area contributed by atoms with E-state index in [1.807, 2.05) is 42.5 Å². The van der Waals surface area contributed by atoms with Crippen molar-refractivity contribution in [3.05, 3.63) is 48.2 Å². The summed E-state index contributed by atoms with van der Waals surface area (Å²) in [5.41, 5.74) is 1.10. The summed E-state index contributed by atoms with van der Waals surface area (Å²) in [6.45, 7) is 2.53. The van der Waals surface area contributed by atoms with E-state index in [1.54, 1.807) is 0 Å². The van der Waals surface area contributed by atoms with Gasteiger partial charge in [0.1, 0.15) is 11.5 Å². The minimum atomic E-state index is 0. The van der Waals surface area contributed by atoms with E-state index in [2.05, 4.69) is 15.6 Å². The minimum absolute atomic E-state index is 0. The highest BCUT2D eigenvalue weighted by Gasteiger charge is 2.06. The Hall–Kier alpha value is -1.50. The molecule has 2 aromatic rings. The molecule has 0 saturated heterocycles. The van der Waals surface area contributed by atoms with Crippen LogP contribution < -0.4 is 10.6 Å². The Morgan fingerprint density at radius 1 is 1.15 bits per heavy atom. The van der Waals surface area contributed by atoms with E-state index in [0.29, 0.717) is 6.54 Å². The van der Waals surface area contributed by atoms with Crippen molar-refractivity contribution in [3.63, 3.8) is 0 Å². The summed E-state index contributed by atoms with van der Waals surface area (Å²) in [6.07, 6.45) is 1.10. The Bertz CT molecular complexity index is 566. The Balaban J connectivity index is 0.00000147. The van der Waals surface area contributed by atoms with Crippen LogP contribution in [0.4, 0.5) is 0 Å². The van der Waals surface area contributed by atoms with E-state index in [-0.39, 0.29) is 24.0 Å². The molecule has 0 bridgehead atoms. The van der Waals surface area contributed by atoms with Crippen LogP contribution in [0.15, 0.2) is 51.9 Å². The quantitative estimate of drug-likeness (QED) is 0.802. The standard InChI is InChI=1S/C15H17N3O.HI/c1-2-5-12(6-3-1)14-8-7-13(19-14)11-18-15-16-9-4-10-17-15;/h1-3,5-8H,4,9-11H2,(H2,16,17,18);1H. The number of nitrogens with zero attached hydrogens (tertiary/aromatic N) is 1. The fourth-order valence-electron chi connectivity index (χ4n) is 2.05. The molecule has 0 amide bonds. The first kappa shape index (κ1) is 14.9. The van der Waals surface area contributed by atoms with Crippen molar-refractivity contribution in [1.82, 2.24) is 10.6 Å². The molecule has 2 heterocycles. The van der Waals surface area contributed by atoms with E-state index in [1.165, 1.54) is 0 Å². The molecule has 20 heavy (non-hydrogen) atoms. The first-order valence-electron chi connectivity index (χ1n) is 6.58. The van der Waals surface area contributed by atoms with Gasteiger partial charge in [-0.15, -0.1) is 24.0 Å². The molecule has 1 aromatic carbocycles. The van der Waals surface area contributed by atoms with Gasteiger partial charge in [0, 0.05) is 18.7 Å². The zero-order valence-corrected chi connectivity index (χ0v) is 13.5. The fraction of sp³-hybridized carbons (Fsp3) is 0.267. The maximum Gasteiger partial charge on any atom is 0.191 e. The van der Waals surface area contributed by atoms with Crippen LogP contribution in [0, 0.1) is 0 Å². The summed E-state index contributed by atoms with van der Waals surface area (Å²) in [7, 11) is 0. The van der Waals surface area contributed by atoms with Gasteiger partial charge in [-0.2, -0.15) is 0 Å². The molecule has 1 aliphatic heterocycles. The van der Waals surface area contributed by atoms with Crippen molar-refractivity contribution in [1.29, 1.82) is 0 Å². The molecule has 2 N–H and O–H groups in total. The number of hydrogen-bond acceptors (Lipinski definition) is 4.